The summed E-state index contributed by atoms with van der Waals surface area (Å²) < 4.78 is 3.62. The van der Waals surface area contributed by atoms with E-state index < -0.39 is 0 Å². The zero-order chi connectivity index (χ0) is 26.2. The first-order chi connectivity index (χ1) is 18.5. The number of piperidine rings is 1. The summed E-state index contributed by atoms with van der Waals surface area (Å²) in [6.45, 7) is 7.96. The predicted molar refractivity (Wildman–Crippen MR) is 143 cm³/mol. The van der Waals surface area contributed by atoms with Gasteiger partial charge in [0.25, 0.3) is 0 Å². The van der Waals surface area contributed by atoms with Crippen molar-refractivity contribution in [2.75, 3.05) is 18.0 Å². The molecule has 1 fully saturated rings. The molecular weight excluding hydrogens is 476 g/mol. The number of aromatic nitrogens is 8. The molecule has 190 valence electrons. The number of nitrogens with zero attached hydrogens (tertiary/aromatic N) is 10. The lowest BCUT2D eigenvalue weighted by atomic mass is 9.96. The molecule has 0 N–H and O–H groups in total. The highest BCUT2D eigenvalue weighted by Crippen LogP contribution is 2.31. The van der Waals surface area contributed by atoms with E-state index in [0.717, 1.165) is 60.1 Å². The Bertz CT molecular complexity index is 1630. The van der Waals surface area contributed by atoms with Crippen LogP contribution in [0.5, 0.6) is 0 Å². The Morgan fingerprint density at radius 1 is 0.947 bits per heavy atom. The standard InChI is InChI=1S/C28H28N10/c1-18(2)37-16-23(15-32-37)24-17-38-27(22(12-29)14-33-38)26(35-24)21-4-5-25(31-13-21)36-10-7-20(8-11-36)28-30-9-6-19(3)34-28/h4-6,9,13-18,20H,7-8,10-11H2,1-3H3. The number of anilines is 1. The maximum atomic E-state index is 9.70. The Morgan fingerprint density at radius 2 is 1.79 bits per heavy atom. The van der Waals surface area contributed by atoms with E-state index in [2.05, 4.69) is 45.0 Å². The zero-order valence-electron chi connectivity index (χ0n) is 21.7. The van der Waals surface area contributed by atoms with Crippen LogP contribution in [-0.2, 0) is 0 Å². The number of nitriles is 1. The first kappa shape index (κ1) is 23.7. The Hall–Kier alpha value is -4.65. The minimum absolute atomic E-state index is 0.244. The summed E-state index contributed by atoms with van der Waals surface area (Å²) in [6, 6.07) is 8.48. The Morgan fingerprint density at radius 3 is 2.47 bits per heavy atom. The molecule has 10 nitrogen and oxygen atoms in total. The fourth-order valence-corrected chi connectivity index (χ4v) is 4.93. The number of rotatable bonds is 5. The van der Waals surface area contributed by atoms with Crippen LogP contribution in [0.1, 0.15) is 55.7 Å². The summed E-state index contributed by atoms with van der Waals surface area (Å²) in [7, 11) is 0. The molecule has 0 atom stereocenters. The topological polar surface area (TPSA) is 114 Å². The second-order valence-corrected chi connectivity index (χ2v) is 9.96. The molecule has 0 aromatic carbocycles. The largest absolute Gasteiger partial charge is 0.357 e. The van der Waals surface area contributed by atoms with Gasteiger partial charge in [0.15, 0.2) is 0 Å². The van der Waals surface area contributed by atoms with Crippen LogP contribution < -0.4 is 4.90 Å². The van der Waals surface area contributed by atoms with Gasteiger partial charge in [-0.15, -0.1) is 0 Å². The fraction of sp³-hybridized carbons (Fsp3) is 0.321. The van der Waals surface area contributed by atoms with Crippen molar-refractivity contribution in [3.63, 3.8) is 0 Å². The Labute approximate surface area is 220 Å². The van der Waals surface area contributed by atoms with Gasteiger partial charge in [-0.1, -0.05) is 0 Å². The van der Waals surface area contributed by atoms with Crippen LogP contribution in [0.25, 0.3) is 28.0 Å². The normalized spacial score (nSPS) is 14.3. The highest BCUT2D eigenvalue weighted by molar-refractivity contribution is 5.83. The van der Waals surface area contributed by atoms with Crippen molar-refractivity contribution in [3.05, 3.63) is 72.5 Å². The van der Waals surface area contributed by atoms with Crippen LogP contribution in [0.4, 0.5) is 5.82 Å². The number of aryl methyl sites for hydroxylation is 1. The molecule has 0 aliphatic carbocycles. The molecule has 0 spiro atoms. The van der Waals surface area contributed by atoms with Crippen molar-refractivity contribution in [2.24, 2.45) is 0 Å². The van der Waals surface area contributed by atoms with Crippen molar-refractivity contribution in [2.45, 2.75) is 45.6 Å². The van der Waals surface area contributed by atoms with E-state index in [0.29, 0.717) is 22.7 Å². The summed E-state index contributed by atoms with van der Waals surface area (Å²) >= 11 is 0. The van der Waals surface area contributed by atoms with Crippen LogP contribution in [0.3, 0.4) is 0 Å². The van der Waals surface area contributed by atoms with Gasteiger partial charge in [-0.2, -0.15) is 15.5 Å². The van der Waals surface area contributed by atoms with Gasteiger partial charge in [-0.05, 0) is 51.8 Å². The lowest BCUT2D eigenvalue weighted by Crippen LogP contribution is -2.34. The lowest BCUT2D eigenvalue weighted by Gasteiger charge is -2.32. The summed E-state index contributed by atoms with van der Waals surface area (Å²) in [5, 5.41) is 18.6. The second-order valence-electron chi connectivity index (χ2n) is 9.96. The molecule has 1 aliphatic heterocycles. The van der Waals surface area contributed by atoms with E-state index in [4.69, 9.17) is 9.97 Å². The van der Waals surface area contributed by atoms with Crippen LogP contribution in [0.2, 0.25) is 0 Å². The number of hydrogen-bond donors (Lipinski definition) is 0. The van der Waals surface area contributed by atoms with E-state index in [1.807, 2.05) is 54.6 Å². The van der Waals surface area contributed by atoms with Crippen LogP contribution in [0, 0.1) is 18.3 Å². The molecule has 6 rings (SSSR count). The van der Waals surface area contributed by atoms with Crippen LogP contribution in [-0.4, -0.2) is 52.4 Å². The molecule has 1 saturated heterocycles. The van der Waals surface area contributed by atoms with Crippen molar-refractivity contribution in [1.29, 1.82) is 5.26 Å². The third-order valence-electron chi connectivity index (χ3n) is 7.06. The average Bonchev–Trinajstić information content (AvgIpc) is 3.61. The highest BCUT2D eigenvalue weighted by atomic mass is 15.3. The van der Waals surface area contributed by atoms with Gasteiger partial charge in [-0.25, -0.2) is 24.5 Å². The smallest absolute Gasteiger partial charge is 0.131 e. The van der Waals surface area contributed by atoms with Gasteiger partial charge in [0, 0.05) is 60.5 Å². The minimum Gasteiger partial charge on any atom is -0.357 e. The third kappa shape index (κ3) is 4.36. The molecule has 6 heterocycles. The molecule has 10 heteroatoms. The molecule has 1 aliphatic rings. The summed E-state index contributed by atoms with van der Waals surface area (Å²) in [5.74, 6) is 2.24. The molecule has 0 saturated carbocycles. The van der Waals surface area contributed by atoms with Gasteiger partial charge in [0.2, 0.25) is 0 Å². The number of pyridine rings is 1. The molecular formula is C28H28N10. The molecule has 0 bridgehead atoms. The maximum Gasteiger partial charge on any atom is 0.131 e. The van der Waals surface area contributed by atoms with Gasteiger partial charge in [0.05, 0.1) is 30.0 Å². The van der Waals surface area contributed by atoms with E-state index in [1.165, 1.54) is 0 Å². The van der Waals surface area contributed by atoms with Crippen LogP contribution >= 0.6 is 0 Å². The maximum absolute atomic E-state index is 9.70. The molecule has 0 amide bonds. The summed E-state index contributed by atoms with van der Waals surface area (Å²) in [6.07, 6.45) is 12.9. The molecule has 0 unspecified atom stereocenters. The van der Waals surface area contributed by atoms with Crippen LogP contribution in [0.15, 0.2) is 55.4 Å². The Balaban J connectivity index is 1.28. The van der Waals surface area contributed by atoms with E-state index in [-0.39, 0.29) is 6.04 Å². The SMILES string of the molecule is Cc1ccnc(C2CCN(c3ccc(-c4nc(-c5cnn(C(C)C)c5)cn5ncc(C#N)c45)cn3)CC2)n1. The predicted octanol–water partition coefficient (Wildman–Crippen LogP) is 4.59. The van der Waals surface area contributed by atoms with Crippen molar-refractivity contribution in [3.8, 4) is 28.6 Å². The number of hydrogen-bond acceptors (Lipinski definition) is 8. The third-order valence-corrected chi connectivity index (χ3v) is 7.06. The van der Waals surface area contributed by atoms with Crippen molar-refractivity contribution in [1.82, 2.24) is 39.3 Å². The van der Waals surface area contributed by atoms with Gasteiger partial charge < -0.3 is 4.90 Å². The first-order valence-corrected chi connectivity index (χ1v) is 12.8. The van der Waals surface area contributed by atoms with Gasteiger partial charge >= 0.3 is 0 Å². The lowest BCUT2D eigenvalue weighted by molar-refractivity contribution is 0.482. The van der Waals surface area contributed by atoms with E-state index in [9.17, 15) is 5.26 Å². The quantitative estimate of drug-likeness (QED) is 0.341. The monoisotopic (exact) mass is 504 g/mol. The van der Waals surface area contributed by atoms with Crippen molar-refractivity contribution >= 4 is 11.3 Å². The summed E-state index contributed by atoms with van der Waals surface area (Å²) in [5.41, 5.74) is 5.27. The van der Waals surface area contributed by atoms with Gasteiger partial charge in [-0.3, -0.25) is 4.68 Å². The van der Waals surface area contributed by atoms with Gasteiger partial charge in [0.1, 0.15) is 28.8 Å². The second kappa shape index (κ2) is 9.67. The Kier molecular flexibility index (Phi) is 6.04. The number of fused-ring (bicyclic) bond motifs is 1. The molecule has 0 radical (unpaired) electrons. The van der Waals surface area contributed by atoms with Crippen molar-refractivity contribution < 1.29 is 0 Å². The minimum atomic E-state index is 0.244. The first-order valence-electron chi connectivity index (χ1n) is 12.8. The molecule has 5 aromatic rings. The van der Waals surface area contributed by atoms with E-state index in [1.54, 1.807) is 16.9 Å². The molecule has 38 heavy (non-hydrogen) atoms. The average molecular weight is 505 g/mol. The van der Waals surface area contributed by atoms with E-state index >= 15 is 0 Å². The zero-order valence-corrected chi connectivity index (χ0v) is 21.7. The highest BCUT2D eigenvalue weighted by Gasteiger charge is 2.24. The fourth-order valence-electron chi connectivity index (χ4n) is 4.93. The summed E-state index contributed by atoms with van der Waals surface area (Å²) in [4.78, 5) is 21.2. The molecule has 5 aromatic heterocycles.